The predicted molar refractivity (Wildman–Crippen MR) is 134 cm³/mol. The van der Waals surface area contributed by atoms with Crippen LogP contribution >= 0.6 is 0 Å². The minimum atomic E-state index is -3.85. The molecular formula is C25H33N5O6S. The summed E-state index contributed by atoms with van der Waals surface area (Å²) in [4.78, 5) is 52.7. The molecule has 0 radical (unpaired) electrons. The van der Waals surface area contributed by atoms with Gasteiger partial charge in [0, 0.05) is 19.6 Å². The van der Waals surface area contributed by atoms with Gasteiger partial charge in [-0.1, -0.05) is 31.4 Å². The molecule has 4 aliphatic rings. The number of para-hydroxylation sites is 1. The van der Waals surface area contributed by atoms with Crippen LogP contribution in [0.1, 0.15) is 51.4 Å². The van der Waals surface area contributed by atoms with E-state index in [1.807, 2.05) is 0 Å². The van der Waals surface area contributed by atoms with Crippen LogP contribution in [0.4, 0.5) is 10.5 Å². The van der Waals surface area contributed by atoms with Gasteiger partial charge in [0.25, 0.3) is 0 Å². The standard InChI is InChI=1S/C25H33N5O6S/c1-28(17-7-3-2-4-8-17)37(35,36)20-10-6-5-9-18(20)26-23(33)19-13-25(11-12-25)16-30(19)22(32)15-29-14-21(31)27-24(29)34/h5-6,9-10,17,19H,2-4,7-8,11-16H2,1H3,(H,26,33)(H,27,31,34)/t19-/m1/s1. The van der Waals surface area contributed by atoms with Gasteiger partial charge in [-0.3, -0.25) is 19.7 Å². The quantitative estimate of drug-likeness (QED) is 0.512. The highest BCUT2D eigenvalue weighted by Gasteiger charge is 2.55. The Kier molecular flexibility index (Phi) is 6.73. The molecule has 2 aliphatic heterocycles. The summed E-state index contributed by atoms with van der Waals surface area (Å²) >= 11 is 0. The second-order valence-corrected chi connectivity index (χ2v) is 12.7. The minimum absolute atomic E-state index is 0.0284. The van der Waals surface area contributed by atoms with Crippen LogP contribution in [0.2, 0.25) is 0 Å². The Hall–Kier alpha value is -2.99. The summed E-state index contributed by atoms with van der Waals surface area (Å²) < 4.78 is 28.5. The molecule has 4 fully saturated rings. The average Bonchev–Trinajstić information content (AvgIpc) is 3.40. The third-order valence-corrected chi connectivity index (χ3v) is 10.1. The molecule has 0 bridgehead atoms. The highest BCUT2D eigenvalue weighted by Crippen LogP contribution is 2.55. The first kappa shape index (κ1) is 25.7. The molecule has 2 N–H and O–H groups in total. The van der Waals surface area contributed by atoms with Crippen molar-refractivity contribution in [1.29, 1.82) is 0 Å². The lowest BCUT2D eigenvalue weighted by Crippen LogP contribution is -2.48. The molecule has 5 amide bonds. The van der Waals surface area contributed by atoms with Gasteiger partial charge >= 0.3 is 6.03 Å². The largest absolute Gasteiger partial charge is 0.329 e. The molecule has 12 heteroatoms. The van der Waals surface area contributed by atoms with Crippen LogP contribution in [0.25, 0.3) is 0 Å². The second kappa shape index (κ2) is 9.71. The fraction of sp³-hybridized carbons (Fsp3) is 0.600. The number of benzene rings is 1. The number of sulfonamides is 1. The van der Waals surface area contributed by atoms with Gasteiger partial charge in [-0.25, -0.2) is 13.2 Å². The number of urea groups is 1. The maximum atomic E-state index is 13.5. The molecule has 37 heavy (non-hydrogen) atoms. The smallest absolute Gasteiger partial charge is 0.325 e. The first-order valence-electron chi connectivity index (χ1n) is 12.9. The summed E-state index contributed by atoms with van der Waals surface area (Å²) in [6.07, 6.45) is 6.99. The number of hydrogen-bond acceptors (Lipinski definition) is 6. The summed E-state index contributed by atoms with van der Waals surface area (Å²) in [5.41, 5.74) is 0.0666. The number of nitrogens with zero attached hydrogens (tertiary/aromatic N) is 3. The summed E-state index contributed by atoms with van der Waals surface area (Å²) in [5.74, 6) is -1.34. The number of carbonyl (C=O) groups excluding carboxylic acids is 4. The van der Waals surface area contributed by atoms with Crippen LogP contribution in [-0.4, -0.2) is 85.0 Å². The Labute approximate surface area is 216 Å². The van der Waals surface area contributed by atoms with Gasteiger partial charge in [-0.15, -0.1) is 0 Å². The first-order chi connectivity index (χ1) is 17.6. The molecule has 5 rings (SSSR count). The predicted octanol–water partition coefficient (Wildman–Crippen LogP) is 1.51. The van der Waals surface area contributed by atoms with E-state index in [0.29, 0.717) is 13.0 Å². The third-order valence-electron chi connectivity index (χ3n) is 8.17. The molecule has 2 saturated heterocycles. The fourth-order valence-corrected chi connectivity index (χ4v) is 7.32. The van der Waals surface area contributed by atoms with Crippen LogP contribution in [-0.2, 0) is 24.4 Å². The van der Waals surface area contributed by atoms with E-state index in [1.165, 1.54) is 15.3 Å². The van der Waals surface area contributed by atoms with Crippen LogP contribution in [0.5, 0.6) is 0 Å². The number of hydrogen-bond donors (Lipinski definition) is 2. The third kappa shape index (κ3) is 5.08. The van der Waals surface area contributed by atoms with Crippen molar-refractivity contribution in [3.63, 3.8) is 0 Å². The van der Waals surface area contributed by atoms with Gasteiger partial charge in [-0.05, 0) is 49.7 Å². The Morgan fingerprint density at radius 2 is 1.84 bits per heavy atom. The van der Waals surface area contributed by atoms with Crippen LogP contribution in [0.3, 0.4) is 0 Å². The van der Waals surface area contributed by atoms with Gasteiger partial charge in [0.1, 0.15) is 24.0 Å². The van der Waals surface area contributed by atoms with E-state index < -0.39 is 39.8 Å². The van der Waals surface area contributed by atoms with Gasteiger partial charge in [-0.2, -0.15) is 4.31 Å². The van der Waals surface area contributed by atoms with Gasteiger partial charge in [0.2, 0.25) is 27.7 Å². The maximum absolute atomic E-state index is 13.5. The topological polar surface area (TPSA) is 136 Å². The summed E-state index contributed by atoms with van der Waals surface area (Å²) in [6, 6.07) is 4.86. The highest BCUT2D eigenvalue weighted by molar-refractivity contribution is 7.89. The maximum Gasteiger partial charge on any atom is 0.325 e. The number of anilines is 1. The van der Waals surface area contributed by atoms with Crippen molar-refractivity contribution in [1.82, 2.24) is 19.4 Å². The molecular weight excluding hydrogens is 498 g/mol. The zero-order valence-corrected chi connectivity index (χ0v) is 21.8. The zero-order valence-electron chi connectivity index (χ0n) is 20.9. The number of rotatable bonds is 7. The van der Waals surface area contributed by atoms with Crippen molar-refractivity contribution >= 4 is 39.5 Å². The lowest BCUT2D eigenvalue weighted by atomic mass is 9.96. The van der Waals surface area contributed by atoms with Crippen molar-refractivity contribution in [2.75, 3.05) is 32.0 Å². The molecule has 2 heterocycles. The van der Waals surface area contributed by atoms with Gasteiger partial charge < -0.3 is 15.1 Å². The minimum Gasteiger partial charge on any atom is -0.329 e. The number of likely N-dealkylation sites (tertiary alicyclic amines) is 1. The molecule has 2 aliphatic carbocycles. The number of imide groups is 1. The molecule has 0 unspecified atom stereocenters. The van der Waals surface area contributed by atoms with Crippen molar-refractivity contribution in [3.8, 4) is 0 Å². The molecule has 200 valence electrons. The van der Waals surface area contributed by atoms with Crippen molar-refractivity contribution < 1.29 is 27.6 Å². The molecule has 1 spiro atoms. The Bertz CT molecular complexity index is 1220. The van der Waals surface area contributed by atoms with Gasteiger partial charge in [0.15, 0.2) is 0 Å². The van der Waals surface area contributed by atoms with Crippen LogP contribution < -0.4 is 10.6 Å². The summed E-state index contributed by atoms with van der Waals surface area (Å²) in [7, 11) is -2.26. The van der Waals surface area contributed by atoms with Crippen LogP contribution in [0, 0.1) is 5.41 Å². The second-order valence-electron chi connectivity index (χ2n) is 10.7. The van der Waals surface area contributed by atoms with E-state index in [1.54, 1.807) is 25.2 Å². The number of amides is 5. The molecule has 11 nitrogen and oxygen atoms in total. The van der Waals surface area contributed by atoms with E-state index in [9.17, 15) is 27.6 Å². The molecule has 1 aromatic rings. The van der Waals surface area contributed by atoms with Crippen molar-refractivity contribution in [3.05, 3.63) is 24.3 Å². The fourth-order valence-electron chi connectivity index (χ4n) is 5.76. The monoisotopic (exact) mass is 531 g/mol. The normalized spacial score (nSPS) is 23.6. The van der Waals surface area contributed by atoms with Crippen molar-refractivity contribution in [2.24, 2.45) is 5.41 Å². The van der Waals surface area contributed by atoms with E-state index in [4.69, 9.17) is 0 Å². The SMILES string of the molecule is CN(C1CCCCC1)S(=O)(=O)c1ccccc1NC(=O)[C@H]1CC2(CC2)CN1C(=O)CN1CC(=O)NC1=O. The molecule has 1 aromatic carbocycles. The molecule has 2 saturated carbocycles. The van der Waals surface area contributed by atoms with E-state index in [-0.39, 0.29) is 35.1 Å². The summed E-state index contributed by atoms with van der Waals surface area (Å²) in [5, 5.41) is 4.94. The number of nitrogens with one attached hydrogen (secondary N) is 2. The Morgan fingerprint density at radius 3 is 2.49 bits per heavy atom. The zero-order chi connectivity index (χ0) is 26.4. The van der Waals surface area contributed by atoms with E-state index in [2.05, 4.69) is 10.6 Å². The first-order valence-corrected chi connectivity index (χ1v) is 14.3. The lowest BCUT2D eigenvalue weighted by Gasteiger charge is -2.31. The lowest BCUT2D eigenvalue weighted by molar-refractivity contribution is -0.137. The Morgan fingerprint density at radius 1 is 1.14 bits per heavy atom. The molecule has 0 aromatic heterocycles. The van der Waals surface area contributed by atoms with Crippen LogP contribution in [0.15, 0.2) is 29.2 Å². The number of carbonyl (C=O) groups is 4. The highest BCUT2D eigenvalue weighted by atomic mass is 32.2. The van der Waals surface area contributed by atoms with E-state index in [0.717, 1.165) is 49.8 Å². The van der Waals surface area contributed by atoms with E-state index >= 15 is 0 Å². The molecule has 1 atom stereocenters. The summed E-state index contributed by atoms with van der Waals surface area (Å²) in [6.45, 7) is -0.0908. The Balaban J connectivity index is 1.33. The van der Waals surface area contributed by atoms with Gasteiger partial charge in [0.05, 0.1) is 5.69 Å². The average molecular weight is 532 g/mol. The van der Waals surface area contributed by atoms with Crippen molar-refractivity contribution in [2.45, 2.75) is 68.3 Å².